The number of sulfonamides is 1. The van der Waals surface area contributed by atoms with Crippen LogP contribution in [0, 0.1) is 19.7 Å². The number of aryl methyl sites for hydroxylation is 2. The predicted molar refractivity (Wildman–Crippen MR) is 80.8 cm³/mol. The Morgan fingerprint density at radius 1 is 1.10 bits per heavy atom. The van der Waals surface area contributed by atoms with Crippen LogP contribution in [0.3, 0.4) is 0 Å². The van der Waals surface area contributed by atoms with Gasteiger partial charge in [0.2, 0.25) is 0 Å². The second-order valence-electron chi connectivity index (χ2n) is 4.50. The van der Waals surface area contributed by atoms with Crippen molar-refractivity contribution in [3.8, 4) is 0 Å². The smallest absolute Gasteiger partial charge is 0.261 e. The lowest BCUT2D eigenvalue weighted by Crippen LogP contribution is -2.13. The van der Waals surface area contributed by atoms with Crippen molar-refractivity contribution in [1.82, 2.24) is 0 Å². The van der Waals surface area contributed by atoms with Crippen molar-refractivity contribution in [2.24, 2.45) is 0 Å². The highest BCUT2D eigenvalue weighted by molar-refractivity contribution is 9.10. The molecule has 0 saturated carbocycles. The van der Waals surface area contributed by atoms with E-state index in [9.17, 15) is 12.8 Å². The Morgan fingerprint density at radius 2 is 1.80 bits per heavy atom. The molecule has 0 atom stereocenters. The zero-order valence-corrected chi connectivity index (χ0v) is 13.3. The van der Waals surface area contributed by atoms with E-state index in [1.165, 1.54) is 19.1 Å². The summed E-state index contributed by atoms with van der Waals surface area (Å²) in [6.45, 7) is 3.43. The van der Waals surface area contributed by atoms with E-state index in [1.807, 2.05) is 13.0 Å². The second-order valence-corrected chi connectivity index (χ2v) is 7.04. The van der Waals surface area contributed by atoms with Gasteiger partial charge in [0.1, 0.15) is 5.82 Å². The van der Waals surface area contributed by atoms with Crippen LogP contribution < -0.4 is 4.72 Å². The van der Waals surface area contributed by atoms with E-state index in [2.05, 4.69) is 20.7 Å². The molecule has 6 heteroatoms. The van der Waals surface area contributed by atoms with Gasteiger partial charge in [0.15, 0.2) is 0 Å². The van der Waals surface area contributed by atoms with E-state index >= 15 is 0 Å². The Labute approximate surface area is 126 Å². The highest BCUT2D eigenvalue weighted by atomic mass is 79.9. The molecule has 0 unspecified atom stereocenters. The number of anilines is 1. The van der Waals surface area contributed by atoms with E-state index < -0.39 is 15.8 Å². The third-order valence-corrected chi connectivity index (χ3v) is 4.83. The molecule has 1 N–H and O–H groups in total. The SMILES string of the molecule is Cc1ccc(NS(=O)(=O)c2ccc(F)c(C)c2)c(Br)c1. The summed E-state index contributed by atoms with van der Waals surface area (Å²) < 4.78 is 40.8. The van der Waals surface area contributed by atoms with Gasteiger partial charge in [-0.15, -0.1) is 0 Å². The number of halogens is 2. The Bertz CT molecular complexity index is 760. The van der Waals surface area contributed by atoms with Crippen molar-refractivity contribution >= 4 is 31.6 Å². The number of hydrogen-bond acceptors (Lipinski definition) is 2. The van der Waals surface area contributed by atoms with Gasteiger partial charge in [0, 0.05) is 4.47 Å². The molecule has 0 aromatic heterocycles. The highest BCUT2D eigenvalue weighted by Crippen LogP contribution is 2.26. The minimum Gasteiger partial charge on any atom is -0.278 e. The van der Waals surface area contributed by atoms with Crippen molar-refractivity contribution in [2.45, 2.75) is 18.7 Å². The molecule has 0 fully saturated rings. The molecule has 3 nitrogen and oxygen atoms in total. The molecule has 106 valence electrons. The molecule has 0 saturated heterocycles. The molecule has 0 aliphatic carbocycles. The first-order valence-electron chi connectivity index (χ1n) is 5.85. The first-order valence-corrected chi connectivity index (χ1v) is 8.12. The quantitative estimate of drug-likeness (QED) is 0.901. The Morgan fingerprint density at radius 3 is 2.40 bits per heavy atom. The summed E-state index contributed by atoms with van der Waals surface area (Å²) in [4.78, 5) is 0.0314. The van der Waals surface area contributed by atoms with E-state index in [0.29, 0.717) is 10.2 Å². The van der Waals surface area contributed by atoms with Crippen molar-refractivity contribution < 1.29 is 12.8 Å². The lowest BCUT2D eigenvalue weighted by Gasteiger charge is -2.11. The fourth-order valence-electron chi connectivity index (χ4n) is 1.69. The summed E-state index contributed by atoms with van der Waals surface area (Å²) in [7, 11) is -3.73. The summed E-state index contributed by atoms with van der Waals surface area (Å²) in [6, 6.07) is 8.99. The molecule has 2 aromatic rings. The lowest BCUT2D eigenvalue weighted by molar-refractivity contribution is 0.598. The summed E-state index contributed by atoms with van der Waals surface area (Å²) in [6.07, 6.45) is 0. The molecule has 0 aliphatic rings. The molecular weight excluding hydrogens is 345 g/mol. The zero-order chi connectivity index (χ0) is 14.9. The van der Waals surface area contributed by atoms with Crippen molar-refractivity contribution in [3.05, 3.63) is 57.8 Å². The van der Waals surface area contributed by atoms with Gasteiger partial charge in [0.25, 0.3) is 10.0 Å². The van der Waals surface area contributed by atoms with Gasteiger partial charge in [0.05, 0.1) is 10.6 Å². The molecule has 0 spiro atoms. The number of rotatable bonds is 3. The van der Waals surface area contributed by atoms with Gasteiger partial charge < -0.3 is 0 Å². The van der Waals surface area contributed by atoms with Crippen LogP contribution in [0.1, 0.15) is 11.1 Å². The summed E-state index contributed by atoms with van der Waals surface area (Å²) in [5, 5.41) is 0. The molecule has 0 radical (unpaired) electrons. The molecule has 20 heavy (non-hydrogen) atoms. The van der Waals surface area contributed by atoms with Crippen LogP contribution in [0.5, 0.6) is 0 Å². The predicted octanol–water partition coefficient (Wildman–Crippen LogP) is 4.01. The number of nitrogens with one attached hydrogen (secondary N) is 1. The van der Waals surface area contributed by atoms with Crippen LogP contribution >= 0.6 is 15.9 Å². The van der Waals surface area contributed by atoms with Crippen LogP contribution in [0.4, 0.5) is 10.1 Å². The van der Waals surface area contributed by atoms with Crippen LogP contribution in [0.25, 0.3) is 0 Å². The van der Waals surface area contributed by atoms with Gasteiger partial charge in [-0.1, -0.05) is 6.07 Å². The molecule has 2 aromatic carbocycles. The summed E-state index contributed by atoms with van der Waals surface area (Å²) in [5.41, 5.74) is 1.74. The fraction of sp³-hybridized carbons (Fsp3) is 0.143. The normalized spacial score (nSPS) is 11.4. The summed E-state index contributed by atoms with van der Waals surface area (Å²) in [5.74, 6) is -0.430. The van der Waals surface area contributed by atoms with E-state index in [0.717, 1.165) is 11.6 Å². The van der Waals surface area contributed by atoms with Gasteiger partial charge in [-0.05, 0) is 71.2 Å². The first-order chi connectivity index (χ1) is 9.29. The van der Waals surface area contributed by atoms with Crippen molar-refractivity contribution in [3.63, 3.8) is 0 Å². The molecular formula is C14H13BrFNO2S. The minimum absolute atomic E-state index is 0.0314. The molecule has 0 heterocycles. The third-order valence-electron chi connectivity index (χ3n) is 2.81. The zero-order valence-electron chi connectivity index (χ0n) is 10.9. The van der Waals surface area contributed by atoms with Gasteiger partial charge in [-0.25, -0.2) is 12.8 Å². The van der Waals surface area contributed by atoms with Crippen molar-refractivity contribution in [2.75, 3.05) is 4.72 Å². The van der Waals surface area contributed by atoms with Crippen LogP contribution in [-0.2, 0) is 10.0 Å². The molecule has 0 aliphatic heterocycles. The van der Waals surface area contributed by atoms with Crippen molar-refractivity contribution in [1.29, 1.82) is 0 Å². The van der Waals surface area contributed by atoms with Gasteiger partial charge in [-0.3, -0.25) is 4.72 Å². The number of hydrogen-bond donors (Lipinski definition) is 1. The molecule has 0 bridgehead atoms. The maximum absolute atomic E-state index is 13.2. The minimum atomic E-state index is -3.73. The average Bonchev–Trinajstić information content (AvgIpc) is 2.36. The van der Waals surface area contributed by atoms with E-state index in [4.69, 9.17) is 0 Å². The van der Waals surface area contributed by atoms with Crippen LogP contribution in [-0.4, -0.2) is 8.42 Å². The standard InChI is InChI=1S/C14H13BrFNO2S/c1-9-3-6-14(12(15)7-9)17-20(18,19)11-4-5-13(16)10(2)8-11/h3-8,17H,1-2H3. The molecule has 0 amide bonds. The Balaban J connectivity index is 2.38. The van der Waals surface area contributed by atoms with Gasteiger partial charge in [-0.2, -0.15) is 0 Å². The summed E-state index contributed by atoms with van der Waals surface area (Å²) >= 11 is 3.31. The first kappa shape index (κ1) is 15.0. The molecule has 2 rings (SSSR count). The topological polar surface area (TPSA) is 46.2 Å². The Hall–Kier alpha value is -1.40. The average molecular weight is 358 g/mol. The fourth-order valence-corrected chi connectivity index (χ4v) is 3.58. The maximum Gasteiger partial charge on any atom is 0.261 e. The van der Waals surface area contributed by atoms with Gasteiger partial charge >= 0.3 is 0 Å². The van der Waals surface area contributed by atoms with Crippen LogP contribution in [0.15, 0.2) is 45.8 Å². The van der Waals surface area contributed by atoms with Crippen LogP contribution in [0.2, 0.25) is 0 Å². The number of benzene rings is 2. The Kier molecular flexibility index (Phi) is 4.15. The third kappa shape index (κ3) is 3.19. The monoisotopic (exact) mass is 357 g/mol. The largest absolute Gasteiger partial charge is 0.278 e. The lowest BCUT2D eigenvalue weighted by atomic mass is 10.2. The van der Waals surface area contributed by atoms with E-state index in [-0.39, 0.29) is 10.5 Å². The second kappa shape index (κ2) is 5.54. The maximum atomic E-state index is 13.2. The van der Waals surface area contributed by atoms with E-state index in [1.54, 1.807) is 12.1 Å². The highest BCUT2D eigenvalue weighted by Gasteiger charge is 2.16.